The van der Waals surface area contributed by atoms with Gasteiger partial charge in [0, 0.05) is 6.54 Å². The molecule has 0 heterocycles. The second kappa shape index (κ2) is 6.16. The van der Waals surface area contributed by atoms with Gasteiger partial charge in [-0.2, -0.15) is 0 Å². The fourth-order valence-corrected chi connectivity index (χ4v) is 2.91. The van der Waals surface area contributed by atoms with Crippen LogP contribution >= 0.6 is 0 Å². The maximum Gasteiger partial charge on any atom is 0.315 e. The van der Waals surface area contributed by atoms with Crippen molar-refractivity contribution in [2.45, 2.75) is 43.7 Å². The molecule has 1 atom stereocenters. The van der Waals surface area contributed by atoms with E-state index in [4.69, 9.17) is 4.74 Å². The molecule has 0 bridgehead atoms. The number of urea groups is 1. The molecule has 2 amide bonds. The maximum absolute atomic E-state index is 12.1. The standard InChI is InChI=1S/C17H24N2O3/c1-22-14-7-5-13(6-8-14)15(12-3-4-12)19-16(20)18-11-17(21)9-2-10-17/h5-8,12,15,21H,2-4,9-11H2,1H3,(H2,18,19,20). The van der Waals surface area contributed by atoms with Crippen LogP contribution in [-0.2, 0) is 0 Å². The molecule has 0 radical (unpaired) electrons. The minimum Gasteiger partial charge on any atom is -0.497 e. The Bertz CT molecular complexity index is 521. The van der Waals surface area contributed by atoms with E-state index >= 15 is 0 Å². The summed E-state index contributed by atoms with van der Waals surface area (Å²) in [5.41, 5.74) is 0.410. The lowest BCUT2D eigenvalue weighted by atomic mass is 9.80. The van der Waals surface area contributed by atoms with Crippen LogP contribution in [0.3, 0.4) is 0 Å². The molecular formula is C17H24N2O3. The fourth-order valence-electron chi connectivity index (χ4n) is 2.91. The lowest BCUT2D eigenvalue weighted by Crippen LogP contribution is -2.50. The molecule has 2 fully saturated rings. The number of hydrogen-bond acceptors (Lipinski definition) is 3. The lowest BCUT2D eigenvalue weighted by Gasteiger charge is -2.36. The third kappa shape index (κ3) is 3.53. The van der Waals surface area contributed by atoms with Crippen molar-refractivity contribution in [1.82, 2.24) is 10.6 Å². The van der Waals surface area contributed by atoms with E-state index in [2.05, 4.69) is 10.6 Å². The van der Waals surface area contributed by atoms with Crippen molar-refractivity contribution in [3.05, 3.63) is 29.8 Å². The number of carbonyl (C=O) groups excluding carboxylic acids is 1. The number of benzene rings is 1. The zero-order valence-electron chi connectivity index (χ0n) is 13.0. The quantitative estimate of drug-likeness (QED) is 0.755. The van der Waals surface area contributed by atoms with Crippen LogP contribution in [0.4, 0.5) is 4.79 Å². The van der Waals surface area contributed by atoms with E-state index in [1.54, 1.807) is 7.11 Å². The Hall–Kier alpha value is -1.75. The first-order valence-corrected chi connectivity index (χ1v) is 8.00. The van der Waals surface area contributed by atoms with Crippen LogP contribution in [-0.4, -0.2) is 30.4 Å². The maximum atomic E-state index is 12.1. The van der Waals surface area contributed by atoms with Gasteiger partial charge in [-0.05, 0) is 55.7 Å². The Morgan fingerprint density at radius 2 is 2.05 bits per heavy atom. The van der Waals surface area contributed by atoms with Crippen LogP contribution in [0.25, 0.3) is 0 Å². The van der Waals surface area contributed by atoms with E-state index < -0.39 is 5.60 Å². The molecule has 0 aliphatic heterocycles. The third-order valence-corrected chi connectivity index (χ3v) is 4.72. The highest BCUT2D eigenvalue weighted by Gasteiger charge is 2.36. The molecule has 2 saturated carbocycles. The van der Waals surface area contributed by atoms with E-state index in [1.165, 1.54) is 0 Å². The van der Waals surface area contributed by atoms with Gasteiger partial charge in [0.05, 0.1) is 18.8 Å². The van der Waals surface area contributed by atoms with Crippen molar-refractivity contribution >= 4 is 6.03 Å². The van der Waals surface area contributed by atoms with Crippen molar-refractivity contribution in [1.29, 1.82) is 0 Å². The number of rotatable bonds is 6. The van der Waals surface area contributed by atoms with E-state index in [0.29, 0.717) is 12.5 Å². The van der Waals surface area contributed by atoms with Gasteiger partial charge in [0.2, 0.25) is 0 Å². The molecule has 3 rings (SSSR count). The summed E-state index contributed by atoms with van der Waals surface area (Å²) in [6.07, 6.45) is 4.87. The first kappa shape index (κ1) is 15.2. The van der Waals surface area contributed by atoms with Crippen LogP contribution in [0, 0.1) is 5.92 Å². The molecule has 0 aromatic heterocycles. The molecule has 2 aliphatic carbocycles. The SMILES string of the molecule is COc1ccc(C(NC(=O)NCC2(O)CCC2)C2CC2)cc1. The van der Waals surface area contributed by atoms with Gasteiger partial charge in [-0.25, -0.2) is 4.79 Å². The Morgan fingerprint density at radius 1 is 1.36 bits per heavy atom. The zero-order chi connectivity index (χ0) is 15.6. The number of ether oxygens (including phenoxy) is 1. The molecule has 1 aromatic rings. The molecular weight excluding hydrogens is 280 g/mol. The second-order valence-electron chi connectivity index (χ2n) is 6.49. The summed E-state index contributed by atoms with van der Waals surface area (Å²) < 4.78 is 5.17. The number of hydrogen-bond donors (Lipinski definition) is 3. The molecule has 2 aliphatic rings. The van der Waals surface area contributed by atoms with Crippen LogP contribution in [0.2, 0.25) is 0 Å². The largest absolute Gasteiger partial charge is 0.497 e. The van der Waals surface area contributed by atoms with Gasteiger partial charge < -0.3 is 20.5 Å². The normalized spacial score (nSPS) is 20.6. The van der Waals surface area contributed by atoms with Gasteiger partial charge in [-0.3, -0.25) is 0 Å². The second-order valence-corrected chi connectivity index (χ2v) is 6.49. The van der Waals surface area contributed by atoms with Crippen molar-refractivity contribution in [3.8, 4) is 5.75 Å². The van der Waals surface area contributed by atoms with Gasteiger partial charge in [-0.15, -0.1) is 0 Å². The van der Waals surface area contributed by atoms with Gasteiger partial charge in [0.25, 0.3) is 0 Å². The van der Waals surface area contributed by atoms with Crippen molar-refractivity contribution < 1.29 is 14.6 Å². The van der Waals surface area contributed by atoms with E-state index in [1.807, 2.05) is 24.3 Å². The third-order valence-electron chi connectivity index (χ3n) is 4.72. The van der Waals surface area contributed by atoms with Crippen LogP contribution in [0.5, 0.6) is 5.75 Å². The Morgan fingerprint density at radius 3 is 2.55 bits per heavy atom. The van der Waals surface area contributed by atoms with Gasteiger partial charge in [-0.1, -0.05) is 12.1 Å². The average molecular weight is 304 g/mol. The molecule has 5 heteroatoms. The van der Waals surface area contributed by atoms with Gasteiger partial charge >= 0.3 is 6.03 Å². The minimum atomic E-state index is -0.688. The zero-order valence-corrected chi connectivity index (χ0v) is 13.0. The Kier molecular flexibility index (Phi) is 4.25. The summed E-state index contributed by atoms with van der Waals surface area (Å²) in [7, 11) is 1.64. The lowest BCUT2D eigenvalue weighted by molar-refractivity contribution is -0.0290. The first-order valence-electron chi connectivity index (χ1n) is 8.00. The van der Waals surface area contributed by atoms with Crippen molar-refractivity contribution in [2.24, 2.45) is 5.92 Å². The van der Waals surface area contributed by atoms with E-state index in [-0.39, 0.29) is 12.1 Å². The van der Waals surface area contributed by atoms with E-state index in [0.717, 1.165) is 43.4 Å². The number of methoxy groups -OCH3 is 1. The fraction of sp³-hybridized carbons (Fsp3) is 0.588. The summed E-state index contributed by atoms with van der Waals surface area (Å²) in [5.74, 6) is 1.32. The Balaban J connectivity index is 1.57. The Labute approximate surface area is 131 Å². The summed E-state index contributed by atoms with van der Waals surface area (Å²) in [6, 6.07) is 7.67. The van der Waals surface area contributed by atoms with Crippen LogP contribution < -0.4 is 15.4 Å². The summed E-state index contributed by atoms with van der Waals surface area (Å²) in [6.45, 7) is 0.332. The highest BCUT2D eigenvalue weighted by molar-refractivity contribution is 5.74. The minimum absolute atomic E-state index is 0.0296. The molecule has 120 valence electrons. The number of carbonyl (C=O) groups is 1. The van der Waals surface area contributed by atoms with Crippen LogP contribution in [0.15, 0.2) is 24.3 Å². The van der Waals surface area contributed by atoms with Crippen molar-refractivity contribution in [2.75, 3.05) is 13.7 Å². The molecule has 3 N–H and O–H groups in total. The molecule has 1 aromatic carbocycles. The number of amides is 2. The van der Waals surface area contributed by atoms with E-state index in [9.17, 15) is 9.90 Å². The molecule has 0 spiro atoms. The summed E-state index contributed by atoms with van der Waals surface area (Å²) in [5, 5.41) is 15.9. The topological polar surface area (TPSA) is 70.6 Å². The number of nitrogens with one attached hydrogen (secondary N) is 2. The molecule has 0 saturated heterocycles. The van der Waals surface area contributed by atoms with Crippen LogP contribution in [0.1, 0.15) is 43.7 Å². The van der Waals surface area contributed by atoms with Gasteiger partial charge in [0.15, 0.2) is 0 Å². The number of aliphatic hydroxyl groups is 1. The predicted octanol–water partition coefficient (Wildman–Crippen LogP) is 2.36. The van der Waals surface area contributed by atoms with Crippen molar-refractivity contribution in [3.63, 3.8) is 0 Å². The predicted molar refractivity (Wildman–Crippen MR) is 83.8 cm³/mol. The smallest absolute Gasteiger partial charge is 0.315 e. The highest BCUT2D eigenvalue weighted by atomic mass is 16.5. The molecule has 5 nitrogen and oxygen atoms in total. The first-order chi connectivity index (χ1) is 10.6. The molecule has 1 unspecified atom stereocenters. The highest BCUT2D eigenvalue weighted by Crippen LogP contribution is 2.41. The monoisotopic (exact) mass is 304 g/mol. The van der Waals surface area contributed by atoms with Gasteiger partial charge in [0.1, 0.15) is 5.75 Å². The summed E-state index contributed by atoms with van der Waals surface area (Å²) >= 11 is 0. The summed E-state index contributed by atoms with van der Waals surface area (Å²) in [4.78, 5) is 12.1. The average Bonchev–Trinajstić information content (AvgIpc) is 3.33. The molecule has 22 heavy (non-hydrogen) atoms.